The Labute approximate surface area is 170 Å². The highest BCUT2D eigenvalue weighted by Crippen LogP contribution is 2.27. The highest BCUT2D eigenvalue weighted by molar-refractivity contribution is 8.00. The SMILES string of the molecule is Cc1oc(-c2cccs2)nc1COc1ccc(CC2N[C@H](C(=O)O)CS2)cc1. The van der Waals surface area contributed by atoms with Gasteiger partial charge in [-0.1, -0.05) is 18.2 Å². The largest absolute Gasteiger partial charge is 0.487 e. The second-order valence-corrected chi connectivity index (χ2v) is 8.70. The number of aromatic nitrogens is 1. The van der Waals surface area contributed by atoms with Crippen LogP contribution < -0.4 is 10.1 Å². The van der Waals surface area contributed by atoms with Crippen molar-refractivity contribution >= 4 is 29.1 Å². The number of nitrogens with one attached hydrogen (secondary N) is 1. The van der Waals surface area contributed by atoms with E-state index < -0.39 is 12.0 Å². The molecular formula is C20H20N2O4S2. The minimum Gasteiger partial charge on any atom is -0.487 e. The maximum atomic E-state index is 11.0. The van der Waals surface area contributed by atoms with Crippen LogP contribution in [0.25, 0.3) is 10.8 Å². The summed E-state index contributed by atoms with van der Waals surface area (Å²) in [4.78, 5) is 16.6. The molecule has 0 amide bonds. The zero-order valence-corrected chi connectivity index (χ0v) is 16.9. The number of aryl methyl sites for hydroxylation is 1. The van der Waals surface area contributed by atoms with Crippen LogP contribution in [0.1, 0.15) is 17.0 Å². The number of carboxylic acid groups (broad SMARTS) is 1. The molecule has 2 aromatic heterocycles. The van der Waals surface area contributed by atoms with E-state index in [-0.39, 0.29) is 5.37 Å². The maximum absolute atomic E-state index is 11.0. The maximum Gasteiger partial charge on any atom is 0.321 e. The van der Waals surface area contributed by atoms with Gasteiger partial charge in [-0.2, -0.15) is 0 Å². The number of benzene rings is 1. The second kappa shape index (κ2) is 8.38. The van der Waals surface area contributed by atoms with Gasteiger partial charge in [-0.05, 0) is 42.5 Å². The molecule has 0 saturated carbocycles. The zero-order valence-electron chi connectivity index (χ0n) is 15.3. The summed E-state index contributed by atoms with van der Waals surface area (Å²) < 4.78 is 11.6. The third-order valence-corrected chi connectivity index (χ3v) is 6.58. The average Bonchev–Trinajstić information content (AvgIpc) is 3.42. The molecule has 28 heavy (non-hydrogen) atoms. The van der Waals surface area contributed by atoms with Crippen molar-refractivity contribution in [1.82, 2.24) is 10.3 Å². The predicted molar refractivity (Wildman–Crippen MR) is 110 cm³/mol. The number of thioether (sulfide) groups is 1. The molecule has 3 heterocycles. The Morgan fingerprint density at radius 3 is 2.86 bits per heavy atom. The molecule has 146 valence electrons. The minimum absolute atomic E-state index is 0.126. The molecule has 0 radical (unpaired) electrons. The van der Waals surface area contributed by atoms with E-state index in [0.29, 0.717) is 18.3 Å². The van der Waals surface area contributed by atoms with Crippen molar-refractivity contribution in [2.45, 2.75) is 31.4 Å². The summed E-state index contributed by atoms with van der Waals surface area (Å²) in [6.45, 7) is 2.24. The first kappa shape index (κ1) is 19.0. The standard InChI is InChI=1S/C20H20N2O4S2/c1-12-15(22-19(26-12)17-3-2-8-27-17)10-25-14-6-4-13(5-7-14)9-18-21-16(11-28-18)20(23)24/h2-8,16,18,21H,9-11H2,1H3,(H,23,24)/t16-,18?/m0/s1. The van der Waals surface area contributed by atoms with Crippen molar-refractivity contribution in [3.63, 3.8) is 0 Å². The fourth-order valence-corrected chi connectivity index (χ4v) is 4.83. The first-order valence-electron chi connectivity index (χ1n) is 8.91. The van der Waals surface area contributed by atoms with Crippen LogP contribution in [-0.2, 0) is 17.8 Å². The van der Waals surface area contributed by atoms with E-state index in [2.05, 4.69) is 10.3 Å². The Morgan fingerprint density at radius 1 is 1.36 bits per heavy atom. The van der Waals surface area contributed by atoms with Crippen LogP contribution >= 0.6 is 23.1 Å². The van der Waals surface area contributed by atoms with Gasteiger partial charge in [0.05, 0.1) is 10.3 Å². The van der Waals surface area contributed by atoms with Crippen LogP contribution in [0.15, 0.2) is 46.2 Å². The molecule has 1 unspecified atom stereocenters. The summed E-state index contributed by atoms with van der Waals surface area (Å²) >= 11 is 3.24. The van der Waals surface area contributed by atoms with Gasteiger partial charge in [-0.25, -0.2) is 4.98 Å². The van der Waals surface area contributed by atoms with E-state index in [9.17, 15) is 4.79 Å². The molecule has 2 atom stereocenters. The molecule has 8 heteroatoms. The van der Waals surface area contributed by atoms with Crippen LogP contribution in [0, 0.1) is 6.92 Å². The molecule has 1 aliphatic rings. The van der Waals surface area contributed by atoms with E-state index in [0.717, 1.165) is 34.1 Å². The second-order valence-electron chi connectivity index (χ2n) is 6.52. The van der Waals surface area contributed by atoms with Crippen LogP contribution in [0.3, 0.4) is 0 Å². The molecule has 0 spiro atoms. The third kappa shape index (κ3) is 4.40. The van der Waals surface area contributed by atoms with Crippen molar-refractivity contribution in [3.05, 3.63) is 58.8 Å². The molecule has 1 saturated heterocycles. The molecule has 6 nitrogen and oxygen atoms in total. The molecule has 1 aliphatic heterocycles. The topological polar surface area (TPSA) is 84.6 Å². The lowest BCUT2D eigenvalue weighted by Crippen LogP contribution is -2.37. The van der Waals surface area contributed by atoms with Gasteiger partial charge in [0.2, 0.25) is 5.89 Å². The Balaban J connectivity index is 1.32. The van der Waals surface area contributed by atoms with Gasteiger partial charge in [0.25, 0.3) is 0 Å². The number of aliphatic carboxylic acids is 1. The number of nitrogens with zero attached hydrogens (tertiary/aromatic N) is 1. The number of oxazole rings is 1. The number of hydrogen-bond acceptors (Lipinski definition) is 7. The summed E-state index contributed by atoms with van der Waals surface area (Å²) in [5.74, 6) is 1.97. The van der Waals surface area contributed by atoms with Crippen LogP contribution in [-0.4, -0.2) is 33.2 Å². The number of rotatable bonds is 7. The van der Waals surface area contributed by atoms with E-state index >= 15 is 0 Å². The van der Waals surface area contributed by atoms with E-state index in [4.69, 9.17) is 14.3 Å². The van der Waals surface area contributed by atoms with Gasteiger partial charge in [-0.3, -0.25) is 10.1 Å². The summed E-state index contributed by atoms with van der Waals surface area (Å²) in [6.07, 6.45) is 0.779. The molecule has 1 fully saturated rings. The van der Waals surface area contributed by atoms with Gasteiger partial charge in [0, 0.05) is 5.75 Å². The lowest BCUT2D eigenvalue weighted by atomic mass is 10.1. The van der Waals surface area contributed by atoms with Gasteiger partial charge in [-0.15, -0.1) is 23.1 Å². The van der Waals surface area contributed by atoms with E-state index in [1.54, 1.807) is 23.1 Å². The van der Waals surface area contributed by atoms with Gasteiger partial charge in [0.15, 0.2) is 0 Å². The normalized spacial score (nSPS) is 19.0. The fraction of sp³-hybridized carbons (Fsp3) is 0.300. The highest BCUT2D eigenvalue weighted by atomic mass is 32.2. The zero-order chi connectivity index (χ0) is 19.5. The number of ether oxygens (including phenoxy) is 1. The number of hydrogen-bond donors (Lipinski definition) is 2. The van der Waals surface area contributed by atoms with Crippen molar-refractivity contribution in [3.8, 4) is 16.5 Å². The van der Waals surface area contributed by atoms with Gasteiger partial charge < -0.3 is 14.3 Å². The summed E-state index contributed by atoms with van der Waals surface area (Å²) in [5.41, 5.74) is 1.93. The Kier molecular flexibility index (Phi) is 5.70. The van der Waals surface area contributed by atoms with Crippen molar-refractivity contribution < 1.29 is 19.1 Å². The minimum atomic E-state index is -0.788. The molecule has 4 rings (SSSR count). The van der Waals surface area contributed by atoms with Crippen molar-refractivity contribution in [2.24, 2.45) is 0 Å². The van der Waals surface area contributed by atoms with Gasteiger partial charge in [0.1, 0.15) is 29.9 Å². The number of thiophene rings is 1. The quantitative estimate of drug-likeness (QED) is 0.603. The monoisotopic (exact) mass is 416 g/mol. The molecule has 0 bridgehead atoms. The predicted octanol–water partition coefficient (Wildman–Crippen LogP) is 3.95. The lowest BCUT2D eigenvalue weighted by Gasteiger charge is -2.11. The highest BCUT2D eigenvalue weighted by Gasteiger charge is 2.29. The molecule has 0 aliphatic carbocycles. The van der Waals surface area contributed by atoms with Crippen molar-refractivity contribution in [2.75, 3.05) is 5.75 Å². The summed E-state index contributed by atoms with van der Waals surface area (Å²) in [6, 6.07) is 11.4. The molecule has 2 N–H and O–H groups in total. The van der Waals surface area contributed by atoms with Crippen LogP contribution in [0.2, 0.25) is 0 Å². The lowest BCUT2D eigenvalue weighted by molar-refractivity contribution is -0.138. The molecular weight excluding hydrogens is 396 g/mol. The number of carbonyl (C=O) groups is 1. The van der Waals surface area contributed by atoms with Crippen molar-refractivity contribution in [1.29, 1.82) is 0 Å². The third-order valence-electron chi connectivity index (χ3n) is 4.49. The summed E-state index contributed by atoms with van der Waals surface area (Å²) in [5, 5.41) is 14.3. The Morgan fingerprint density at radius 2 is 2.18 bits per heavy atom. The smallest absolute Gasteiger partial charge is 0.321 e. The first-order chi connectivity index (χ1) is 13.6. The van der Waals surface area contributed by atoms with Crippen LogP contribution in [0.5, 0.6) is 5.75 Å². The molecule has 3 aromatic rings. The fourth-order valence-electron chi connectivity index (χ4n) is 2.95. The van der Waals surface area contributed by atoms with Gasteiger partial charge >= 0.3 is 5.97 Å². The number of carboxylic acids is 1. The summed E-state index contributed by atoms with van der Waals surface area (Å²) in [7, 11) is 0. The van der Waals surface area contributed by atoms with E-state index in [1.165, 1.54) is 0 Å². The Bertz CT molecular complexity index is 938. The molecule has 1 aromatic carbocycles. The Hall–Kier alpha value is -2.29. The first-order valence-corrected chi connectivity index (χ1v) is 10.8. The van der Waals surface area contributed by atoms with E-state index in [1.807, 2.05) is 48.7 Å². The van der Waals surface area contributed by atoms with Crippen LogP contribution in [0.4, 0.5) is 0 Å². The average molecular weight is 417 g/mol.